The zero-order chi connectivity index (χ0) is 14.8. The second kappa shape index (κ2) is 5.95. The Labute approximate surface area is 132 Å². The van der Waals surface area contributed by atoms with E-state index in [1.165, 1.54) is 17.7 Å². The molecule has 0 radical (unpaired) electrons. The molecule has 0 bridgehead atoms. The van der Waals surface area contributed by atoms with Gasteiger partial charge in [-0.05, 0) is 42.5 Å². The summed E-state index contributed by atoms with van der Waals surface area (Å²) in [5.41, 5.74) is 7.23. The number of hydrogen-bond acceptors (Lipinski definition) is 4. The van der Waals surface area contributed by atoms with Crippen molar-refractivity contribution in [1.29, 1.82) is 0 Å². The molecule has 1 aliphatic carbocycles. The Kier molecular flexibility index (Phi) is 4.03. The third kappa shape index (κ3) is 3.14. The topological polar surface area (TPSA) is 61.9 Å². The fourth-order valence-corrected chi connectivity index (χ4v) is 3.32. The van der Waals surface area contributed by atoms with Crippen LogP contribution >= 0.6 is 22.9 Å². The number of nitrogens with two attached hydrogens (primary N) is 1. The first-order valence-electron chi connectivity index (χ1n) is 6.75. The van der Waals surface area contributed by atoms with Gasteiger partial charge in [0.25, 0.3) is 0 Å². The molecule has 3 rings (SSSR count). The first kappa shape index (κ1) is 14.2. The van der Waals surface area contributed by atoms with Crippen molar-refractivity contribution < 1.29 is 5.21 Å². The summed E-state index contributed by atoms with van der Waals surface area (Å²) in [7, 11) is 0. The van der Waals surface area contributed by atoms with Crippen molar-refractivity contribution in [1.82, 2.24) is 0 Å². The molecule has 1 aromatic carbocycles. The van der Waals surface area contributed by atoms with Gasteiger partial charge in [-0.3, -0.25) is 0 Å². The Morgan fingerprint density at radius 3 is 2.81 bits per heavy atom. The highest BCUT2D eigenvalue weighted by atomic mass is 35.5. The summed E-state index contributed by atoms with van der Waals surface area (Å²) in [6, 6.07) is 10.3. The van der Waals surface area contributed by atoms with Crippen LogP contribution in [0.5, 0.6) is 0 Å². The largest absolute Gasteiger partial charge is 0.409 e. The molecule has 2 aromatic rings. The van der Waals surface area contributed by atoms with Gasteiger partial charge in [-0.2, -0.15) is 0 Å². The van der Waals surface area contributed by atoms with E-state index in [-0.39, 0.29) is 5.84 Å². The summed E-state index contributed by atoms with van der Waals surface area (Å²) >= 11 is 8.16. The Hall–Kier alpha value is -1.72. The standard InChI is InChI=1S/C15H16ClN3OS/c16-13-8-10(15(17)18-20)3-6-14(13)19(11-4-5-11)9-12-2-1-7-21-12/h1-3,6-8,11,20H,4-5,9H2,(H2,17,18). The van der Waals surface area contributed by atoms with Crippen molar-refractivity contribution >= 4 is 34.5 Å². The summed E-state index contributed by atoms with van der Waals surface area (Å²) in [5, 5.41) is 14.5. The predicted molar refractivity (Wildman–Crippen MR) is 87.5 cm³/mol. The Morgan fingerprint density at radius 2 is 2.24 bits per heavy atom. The molecule has 0 unspecified atom stereocenters. The number of nitrogens with zero attached hydrogens (tertiary/aromatic N) is 2. The van der Waals surface area contributed by atoms with Crippen molar-refractivity contribution in [2.24, 2.45) is 10.9 Å². The molecule has 0 spiro atoms. The van der Waals surface area contributed by atoms with Crippen molar-refractivity contribution in [2.45, 2.75) is 25.4 Å². The third-order valence-electron chi connectivity index (χ3n) is 3.55. The highest BCUT2D eigenvalue weighted by molar-refractivity contribution is 7.09. The lowest BCUT2D eigenvalue weighted by atomic mass is 10.1. The van der Waals surface area contributed by atoms with Crippen molar-refractivity contribution in [2.75, 3.05) is 4.90 Å². The minimum Gasteiger partial charge on any atom is -0.409 e. The maximum atomic E-state index is 8.74. The van der Waals surface area contributed by atoms with E-state index in [1.807, 2.05) is 12.1 Å². The van der Waals surface area contributed by atoms with Crippen LogP contribution in [-0.2, 0) is 6.54 Å². The van der Waals surface area contributed by atoms with E-state index in [0.717, 1.165) is 12.2 Å². The molecule has 21 heavy (non-hydrogen) atoms. The smallest absolute Gasteiger partial charge is 0.170 e. The van der Waals surface area contributed by atoms with Crippen LogP contribution in [0, 0.1) is 0 Å². The number of halogens is 1. The van der Waals surface area contributed by atoms with Crippen LogP contribution in [-0.4, -0.2) is 17.1 Å². The summed E-state index contributed by atoms with van der Waals surface area (Å²) in [6.07, 6.45) is 2.40. The zero-order valence-electron chi connectivity index (χ0n) is 11.4. The van der Waals surface area contributed by atoms with Gasteiger partial charge in [0, 0.05) is 16.5 Å². The number of oxime groups is 1. The second-order valence-electron chi connectivity index (χ2n) is 5.09. The molecule has 4 nitrogen and oxygen atoms in total. The minimum absolute atomic E-state index is 0.0691. The fourth-order valence-electron chi connectivity index (χ4n) is 2.32. The first-order valence-corrected chi connectivity index (χ1v) is 8.01. The van der Waals surface area contributed by atoms with E-state index in [1.54, 1.807) is 17.4 Å². The minimum atomic E-state index is 0.0691. The average molecular weight is 322 g/mol. The van der Waals surface area contributed by atoms with Crippen molar-refractivity contribution in [3.63, 3.8) is 0 Å². The predicted octanol–water partition coefficient (Wildman–Crippen LogP) is 3.67. The maximum absolute atomic E-state index is 8.74. The van der Waals surface area contributed by atoms with Crippen LogP contribution in [0.2, 0.25) is 5.02 Å². The van der Waals surface area contributed by atoms with Crippen molar-refractivity contribution in [3.8, 4) is 0 Å². The van der Waals surface area contributed by atoms with E-state index in [2.05, 4.69) is 27.6 Å². The van der Waals surface area contributed by atoms with Gasteiger partial charge in [0.2, 0.25) is 0 Å². The number of rotatable bonds is 5. The van der Waals surface area contributed by atoms with Gasteiger partial charge in [-0.1, -0.05) is 22.8 Å². The van der Waals surface area contributed by atoms with Crippen molar-refractivity contribution in [3.05, 3.63) is 51.2 Å². The molecule has 0 saturated heterocycles. The Morgan fingerprint density at radius 1 is 1.43 bits per heavy atom. The van der Waals surface area contributed by atoms with Crippen LogP contribution in [0.1, 0.15) is 23.3 Å². The average Bonchev–Trinajstić information content (AvgIpc) is 3.21. The lowest BCUT2D eigenvalue weighted by Gasteiger charge is -2.25. The molecular formula is C15H16ClN3OS. The fraction of sp³-hybridized carbons (Fsp3) is 0.267. The molecule has 0 aliphatic heterocycles. The molecule has 3 N–H and O–H groups in total. The number of thiophene rings is 1. The molecule has 0 amide bonds. The zero-order valence-corrected chi connectivity index (χ0v) is 12.9. The Balaban J connectivity index is 1.89. The van der Waals surface area contributed by atoms with Gasteiger partial charge in [0.1, 0.15) is 0 Å². The van der Waals surface area contributed by atoms with E-state index >= 15 is 0 Å². The van der Waals surface area contributed by atoms with Gasteiger partial charge in [-0.25, -0.2) is 0 Å². The maximum Gasteiger partial charge on any atom is 0.170 e. The third-order valence-corrected chi connectivity index (χ3v) is 4.72. The monoisotopic (exact) mass is 321 g/mol. The highest BCUT2D eigenvalue weighted by Gasteiger charge is 2.30. The van der Waals surface area contributed by atoms with E-state index in [4.69, 9.17) is 22.5 Å². The van der Waals surface area contributed by atoms with Gasteiger partial charge in [-0.15, -0.1) is 11.3 Å². The molecule has 1 saturated carbocycles. The summed E-state index contributed by atoms with van der Waals surface area (Å²) in [5.74, 6) is 0.0691. The van der Waals surface area contributed by atoms with Crippen LogP contribution in [0.3, 0.4) is 0 Å². The summed E-state index contributed by atoms with van der Waals surface area (Å²) < 4.78 is 0. The molecule has 1 fully saturated rings. The molecular weight excluding hydrogens is 306 g/mol. The number of benzene rings is 1. The van der Waals surface area contributed by atoms with Gasteiger partial charge in [0.15, 0.2) is 5.84 Å². The highest BCUT2D eigenvalue weighted by Crippen LogP contribution is 2.37. The second-order valence-corrected chi connectivity index (χ2v) is 6.53. The molecule has 110 valence electrons. The normalized spacial score (nSPS) is 15.2. The van der Waals surface area contributed by atoms with Crippen LogP contribution in [0.25, 0.3) is 0 Å². The number of amidine groups is 1. The number of hydrogen-bond donors (Lipinski definition) is 2. The molecule has 0 atom stereocenters. The lowest BCUT2D eigenvalue weighted by Crippen LogP contribution is -2.25. The van der Waals surface area contributed by atoms with Crippen LogP contribution in [0.15, 0.2) is 40.9 Å². The van der Waals surface area contributed by atoms with Crippen LogP contribution < -0.4 is 10.6 Å². The van der Waals surface area contributed by atoms with E-state index < -0.39 is 0 Å². The molecule has 1 aromatic heterocycles. The summed E-state index contributed by atoms with van der Waals surface area (Å²) in [4.78, 5) is 3.66. The van der Waals surface area contributed by atoms with Gasteiger partial charge in [0.05, 0.1) is 17.3 Å². The quantitative estimate of drug-likeness (QED) is 0.382. The first-order chi connectivity index (χ1) is 10.2. The summed E-state index contributed by atoms with van der Waals surface area (Å²) in [6.45, 7) is 0.866. The van der Waals surface area contributed by atoms with Crippen LogP contribution in [0.4, 0.5) is 5.69 Å². The number of anilines is 1. The Bertz CT molecular complexity index is 653. The molecule has 6 heteroatoms. The lowest BCUT2D eigenvalue weighted by molar-refractivity contribution is 0.318. The SMILES string of the molecule is NC(=NO)c1ccc(N(Cc2cccs2)C2CC2)c(Cl)c1. The van der Waals surface area contributed by atoms with E-state index in [9.17, 15) is 0 Å². The van der Waals surface area contributed by atoms with E-state index in [0.29, 0.717) is 16.6 Å². The van der Waals surface area contributed by atoms with Gasteiger partial charge < -0.3 is 15.8 Å². The molecule has 1 aliphatic rings. The van der Waals surface area contributed by atoms with Gasteiger partial charge >= 0.3 is 0 Å². The molecule has 1 heterocycles.